The van der Waals surface area contributed by atoms with Crippen molar-refractivity contribution in [3.05, 3.63) is 69.4 Å². The number of aliphatic hydroxyl groups excluding tert-OH is 1. The molecular weight excluding hydrogens is 309 g/mol. The third-order valence-electron chi connectivity index (χ3n) is 2.55. The Morgan fingerprint density at radius 1 is 0.889 bits per heavy atom. The van der Waals surface area contributed by atoms with Crippen molar-refractivity contribution in [2.45, 2.75) is 6.10 Å². The largest absolute Gasteiger partial charge is 0.384 e. The van der Waals surface area contributed by atoms with Crippen molar-refractivity contribution in [1.82, 2.24) is 0 Å². The van der Waals surface area contributed by atoms with Crippen LogP contribution in [0.5, 0.6) is 0 Å². The van der Waals surface area contributed by atoms with E-state index in [0.717, 1.165) is 6.07 Å². The van der Waals surface area contributed by atoms with Gasteiger partial charge in [0.05, 0.1) is 4.47 Å². The van der Waals surface area contributed by atoms with E-state index in [1.54, 1.807) is 0 Å². The Kier molecular flexibility index (Phi) is 3.73. The third kappa shape index (κ3) is 2.28. The fourth-order valence-corrected chi connectivity index (χ4v) is 2.11. The van der Waals surface area contributed by atoms with Crippen LogP contribution in [0, 0.1) is 17.5 Å². The lowest BCUT2D eigenvalue weighted by atomic mass is 10.0. The quantitative estimate of drug-likeness (QED) is 0.889. The fourth-order valence-electron chi connectivity index (χ4n) is 1.63. The van der Waals surface area contributed by atoms with Crippen LogP contribution in [-0.4, -0.2) is 5.11 Å². The summed E-state index contributed by atoms with van der Waals surface area (Å²) in [7, 11) is 0. The van der Waals surface area contributed by atoms with E-state index in [1.165, 1.54) is 30.3 Å². The van der Waals surface area contributed by atoms with Gasteiger partial charge in [-0.25, -0.2) is 13.2 Å². The Bertz CT molecular complexity index is 535. The van der Waals surface area contributed by atoms with Gasteiger partial charge in [0, 0.05) is 11.1 Å². The molecule has 0 radical (unpaired) electrons. The first-order chi connectivity index (χ1) is 8.52. The van der Waals surface area contributed by atoms with E-state index in [-0.39, 0.29) is 15.6 Å². The van der Waals surface area contributed by atoms with Gasteiger partial charge in [-0.05, 0) is 28.1 Å². The van der Waals surface area contributed by atoms with Crippen LogP contribution in [0.25, 0.3) is 0 Å². The second kappa shape index (κ2) is 5.12. The normalized spacial score (nSPS) is 12.5. The zero-order valence-electron chi connectivity index (χ0n) is 9.00. The molecule has 5 heteroatoms. The smallest absolute Gasteiger partial charge is 0.164 e. The predicted octanol–water partition coefficient (Wildman–Crippen LogP) is 3.95. The van der Waals surface area contributed by atoms with Gasteiger partial charge < -0.3 is 5.11 Å². The SMILES string of the molecule is OC(c1cccc(F)c1F)c1cccc(F)c1Br. The molecule has 2 aromatic carbocycles. The molecule has 0 bridgehead atoms. The summed E-state index contributed by atoms with van der Waals surface area (Å²) >= 11 is 2.97. The average Bonchev–Trinajstić information content (AvgIpc) is 2.35. The van der Waals surface area contributed by atoms with Crippen LogP contribution in [0.4, 0.5) is 13.2 Å². The van der Waals surface area contributed by atoms with Crippen molar-refractivity contribution in [2.75, 3.05) is 0 Å². The summed E-state index contributed by atoms with van der Waals surface area (Å²) < 4.78 is 39.9. The number of hydrogen-bond acceptors (Lipinski definition) is 1. The van der Waals surface area contributed by atoms with Crippen molar-refractivity contribution in [3.63, 3.8) is 0 Å². The highest BCUT2D eigenvalue weighted by Crippen LogP contribution is 2.31. The summed E-state index contributed by atoms with van der Waals surface area (Å²) in [6.07, 6.45) is -1.44. The van der Waals surface area contributed by atoms with Gasteiger partial charge in [-0.2, -0.15) is 0 Å². The minimum absolute atomic E-state index is 0.0289. The molecule has 2 aromatic rings. The van der Waals surface area contributed by atoms with E-state index in [4.69, 9.17) is 0 Å². The van der Waals surface area contributed by atoms with Gasteiger partial charge in [-0.15, -0.1) is 0 Å². The maximum absolute atomic E-state index is 13.5. The first-order valence-electron chi connectivity index (χ1n) is 5.08. The second-order valence-electron chi connectivity index (χ2n) is 3.69. The van der Waals surface area contributed by atoms with Crippen LogP contribution in [0.2, 0.25) is 0 Å². The molecule has 1 atom stereocenters. The van der Waals surface area contributed by atoms with Gasteiger partial charge in [0.25, 0.3) is 0 Å². The molecule has 1 unspecified atom stereocenters. The van der Waals surface area contributed by atoms with Crippen molar-refractivity contribution in [2.24, 2.45) is 0 Å². The Morgan fingerprint density at radius 2 is 1.44 bits per heavy atom. The highest BCUT2D eigenvalue weighted by molar-refractivity contribution is 9.10. The zero-order chi connectivity index (χ0) is 13.3. The van der Waals surface area contributed by atoms with Gasteiger partial charge in [-0.3, -0.25) is 0 Å². The third-order valence-corrected chi connectivity index (χ3v) is 3.39. The summed E-state index contributed by atoms with van der Waals surface area (Å²) in [5.74, 6) is -2.77. The number of rotatable bonds is 2. The topological polar surface area (TPSA) is 20.2 Å². The van der Waals surface area contributed by atoms with E-state index < -0.39 is 23.6 Å². The van der Waals surface area contributed by atoms with Crippen LogP contribution >= 0.6 is 15.9 Å². The van der Waals surface area contributed by atoms with Gasteiger partial charge in [0.1, 0.15) is 11.9 Å². The molecule has 1 nitrogen and oxygen atoms in total. The summed E-state index contributed by atoms with van der Waals surface area (Å²) in [5.41, 5.74) is -0.0965. The molecule has 0 spiro atoms. The predicted molar refractivity (Wildman–Crippen MR) is 64.5 cm³/mol. The van der Waals surface area contributed by atoms with E-state index in [0.29, 0.717) is 0 Å². The number of hydrogen-bond donors (Lipinski definition) is 1. The van der Waals surface area contributed by atoms with Crippen LogP contribution in [-0.2, 0) is 0 Å². The van der Waals surface area contributed by atoms with Crippen LogP contribution in [0.15, 0.2) is 40.9 Å². The first kappa shape index (κ1) is 13.1. The first-order valence-corrected chi connectivity index (χ1v) is 5.87. The molecule has 18 heavy (non-hydrogen) atoms. The van der Waals surface area contributed by atoms with E-state index in [2.05, 4.69) is 15.9 Å². The minimum Gasteiger partial charge on any atom is -0.384 e. The second-order valence-corrected chi connectivity index (χ2v) is 4.48. The molecule has 1 N–H and O–H groups in total. The van der Waals surface area contributed by atoms with E-state index in [9.17, 15) is 18.3 Å². The molecule has 0 saturated carbocycles. The van der Waals surface area contributed by atoms with Gasteiger partial charge in [0.15, 0.2) is 11.6 Å². The Morgan fingerprint density at radius 3 is 2.11 bits per heavy atom. The number of aliphatic hydroxyl groups is 1. The Balaban J connectivity index is 2.51. The molecule has 0 aliphatic heterocycles. The fraction of sp³-hybridized carbons (Fsp3) is 0.0769. The minimum atomic E-state index is -1.44. The number of benzene rings is 2. The molecule has 0 aromatic heterocycles. The number of halogens is 4. The van der Waals surface area contributed by atoms with Crippen LogP contribution in [0.1, 0.15) is 17.2 Å². The Labute approximate surface area is 110 Å². The summed E-state index contributed by atoms with van der Waals surface area (Å²) in [6.45, 7) is 0. The van der Waals surface area contributed by atoms with Crippen molar-refractivity contribution in [3.8, 4) is 0 Å². The lowest BCUT2D eigenvalue weighted by molar-refractivity contribution is 0.212. The molecule has 94 valence electrons. The maximum atomic E-state index is 13.5. The molecule has 0 aliphatic carbocycles. The van der Waals surface area contributed by atoms with Gasteiger partial charge >= 0.3 is 0 Å². The summed E-state index contributed by atoms with van der Waals surface area (Å²) in [6, 6.07) is 7.50. The Hall–Kier alpha value is -1.33. The summed E-state index contributed by atoms with van der Waals surface area (Å²) in [5, 5.41) is 10.00. The lowest BCUT2D eigenvalue weighted by Crippen LogP contribution is -2.05. The van der Waals surface area contributed by atoms with Gasteiger partial charge in [-0.1, -0.05) is 24.3 Å². The molecule has 0 amide bonds. The average molecular weight is 317 g/mol. The highest BCUT2D eigenvalue weighted by Gasteiger charge is 2.20. The maximum Gasteiger partial charge on any atom is 0.164 e. The van der Waals surface area contributed by atoms with Crippen LogP contribution in [0.3, 0.4) is 0 Å². The van der Waals surface area contributed by atoms with Gasteiger partial charge in [0.2, 0.25) is 0 Å². The van der Waals surface area contributed by atoms with Crippen molar-refractivity contribution >= 4 is 15.9 Å². The lowest BCUT2D eigenvalue weighted by Gasteiger charge is -2.14. The van der Waals surface area contributed by atoms with Crippen molar-refractivity contribution in [1.29, 1.82) is 0 Å². The van der Waals surface area contributed by atoms with E-state index in [1.807, 2.05) is 0 Å². The van der Waals surface area contributed by atoms with Crippen molar-refractivity contribution < 1.29 is 18.3 Å². The molecule has 0 aliphatic rings. The molecule has 0 heterocycles. The standard InChI is InChI=1S/C13H8BrF3O/c14-11-7(3-1-5-9(11)15)13(18)8-4-2-6-10(16)12(8)17/h1-6,13,18H. The zero-order valence-corrected chi connectivity index (χ0v) is 10.6. The monoisotopic (exact) mass is 316 g/mol. The molecule has 2 rings (SSSR count). The highest BCUT2D eigenvalue weighted by atomic mass is 79.9. The summed E-state index contributed by atoms with van der Waals surface area (Å²) in [4.78, 5) is 0. The van der Waals surface area contributed by atoms with E-state index >= 15 is 0 Å². The molecule has 0 saturated heterocycles. The molecule has 0 fully saturated rings. The van der Waals surface area contributed by atoms with Crippen LogP contribution < -0.4 is 0 Å². The molecular formula is C13H8BrF3O.